The number of pyridine rings is 1. The van der Waals surface area contributed by atoms with Crippen LogP contribution < -0.4 is 5.32 Å². The van der Waals surface area contributed by atoms with Crippen molar-refractivity contribution >= 4 is 22.8 Å². The number of halogens is 1. The Hall–Kier alpha value is -3.72. The highest BCUT2D eigenvalue weighted by molar-refractivity contribution is 6.05. The van der Waals surface area contributed by atoms with Crippen molar-refractivity contribution in [2.24, 2.45) is 0 Å². The summed E-state index contributed by atoms with van der Waals surface area (Å²) in [7, 11) is 0. The quantitative estimate of drug-likeness (QED) is 0.552. The van der Waals surface area contributed by atoms with Gasteiger partial charge in [-0.3, -0.25) is 4.79 Å². The second-order valence-electron chi connectivity index (χ2n) is 7.77. The molecule has 6 rings (SSSR count). The van der Waals surface area contributed by atoms with Crippen molar-refractivity contribution in [3.63, 3.8) is 0 Å². The number of aromatic nitrogens is 5. The molecule has 9 heteroatoms. The molecule has 8 nitrogen and oxygen atoms in total. The second-order valence-corrected chi connectivity index (χ2v) is 7.77. The Balaban J connectivity index is 1.45. The fraction of sp³-hybridized carbons (Fsp3) is 0.227. The minimum absolute atomic E-state index is 0.108. The van der Waals surface area contributed by atoms with Crippen LogP contribution in [-0.4, -0.2) is 43.9 Å². The van der Waals surface area contributed by atoms with Gasteiger partial charge in [0.15, 0.2) is 11.5 Å². The number of ether oxygens (including phenoxy) is 1. The average molecular weight is 416 g/mol. The summed E-state index contributed by atoms with van der Waals surface area (Å²) in [6.07, 6.45) is 3.96. The van der Waals surface area contributed by atoms with Crippen LogP contribution in [0.3, 0.4) is 0 Å². The van der Waals surface area contributed by atoms with Crippen molar-refractivity contribution < 1.29 is 13.9 Å². The van der Waals surface area contributed by atoms with E-state index < -0.39 is 5.41 Å². The van der Waals surface area contributed by atoms with Crippen molar-refractivity contribution in [2.75, 3.05) is 18.5 Å². The van der Waals surface area contributed by atoms with Crippen LogP contribution >= 0.6 is 0 Å². The molecule has 1 atom stereocenters. The summed E-state index contributed by atoms with van der Waals surface area (Å²) in [5.41, 5.74) is 1.69. The molecular weight excluding hydrogens is 399 g/mol. The lowest BCUT2D eigenvalue weighted by molar-refractivity contribution is -0.120. The first-order valence-electron chi connectivity index (χ1n) is 9.98. The van der Waals surface area contributed by atoms with Gasteiger partial charge in [-0.1, -0.05) is 18.2 Å². The van der Waals surface area contributed by atoms with Crippen molar-refractivity contribution in [3.05, 3.63) is 65.7 Å². The highest BCUT2D eigenvalue weighted by Gasteiger charge is 2.50. The topological polar surface area (TPSA) is 94.8 Å². The van der Waals surface area contributed by atoms with E-state index in [2.05, 4.69) is 25.4 Å². The van der Waals surface area contributed by atoms with E-state index in [1.807, 2.05) is 6.07 Å². The lowest BCUT2D eigenvalue weighted by atomic mass is 9.82. The summed E-state index contributed by atoms with van der Waals surface area (Å²) in [5, 5.41) is 8.28. The Morgan fingerprint density at radius 1 is 1.19 bits per heavy atom. The molecule has 2 aliphatic heterocycles. The molecule has 4 aromatic rings. The number of fused-ring (bicyclic) bond motifs is 3. The number of nitrogens with one attached hydrogen (secondary N) is 1. The zero-order valence-electron chi connectivity index (χ0n) is 16.4. The lowest BCUT2D eigenvalue weighted by Gasteiger charge is -2.17. The summed E-state index contributed by atoms with van der Waals surface area (Å²) < 4.78 is 21.3. The standard InChI is InChI=1S/C22H17FN6O2/c23-16-6-2-1-4-13(16)11-29-20-14(5-3-8-24-20)17(28-29)19-25-10-15-18(26-19)27-21(30)22(15)7-9-31-12-22/h1-6,8,10H,7,9,11-12H2,(H,25,26,27,30). The van der Waals surface area contributed by atoms with E-state index in [1.165, 1.54) is 6.07 Å². The molecular formula is C22H17FN6O2. The van der Waals surface area contributed by atoms with Crippen molar-refractivity contribution in [1.82, 2.24) is 24.7 Å². The molecule has 0 aliphatic carbocycles. The lowest BCUT2D eigenvalue weighted by Crippen LogP contribution is -2.34. The molecule has 2 aliphatic rings. The number of hydrogen-bond donors (Lipinski definition) is 1. The molecule has 5 heterocycles. The zero-order chi connectivity index (χ0) is 21.0. The molecule has 1 saturated heterocycles. The van der Waals surface area contributed by atoms with E-state index in [-0.39, 0.29) is 18.3 Å². The molecule has 0 bridgehead atoms. The predicted molar refractivity (Wildman–Crippen MR) is 110 cm³/mol. The first-order valence-corrected chi connectivity index (χ1v) is 9.98. The van der Waals surface area contributed by atoms with Crippen LogP contribution in [0.1, 0.15) is 17.5 Å². The number of rotatable bonds is 3. The summed E-state index contributed by atoms with van der Waals surface area (Å²) in [4.78, 5) is 26.2. The third kappa shape index (κ3) is 2.66. The van der Waals surface area contributed by atoms with E-state index in [9.17, 15) is 9.18 Å². The van der Waals surface area contributed by atoms with Crippen LogP contribution in [-0.2, 0) is 21.5 Å². The third-order valence-electron chi connectivity index (χ3n) is 5.99. The van der Waals surface area contributed by atoms with Gasteiger partial charge in [0.25, 0.3) is 0 Å². The molecule has 1 N–H and O–H groups in total. The van der Waals surface area contributed by atoms with Gasteiger partial charge >= 0.3 is 0 Å². The van der Waals surface area contributed by atoms with Gasteiger partial charge in [0.1, 0.15) is 22.7 Å². The smallest absolute Gasteiger partial charge is 0.238 e. The second kappa shape index (κ2) is 6.64. The first kappa shape index (κ1) is 18.1. The maximum atomic E-state index is 14.2. The van der Waals surface area contributed by atoms with Gasteiger partial charge in [0.05, 0.1) is 18.5 Å². The molecule has 1 aromatic carbocycles. The molecule has 0 saturated carbocycles. The average Bonchev–Trinajstić information content (AvgIpc) is 3.48. The molecule has 1 amide bonds. The molecule has 1 fully saturated rings. The van der Waals surface area contributed by atoms with E-state index in [1.54, 1.807) is 41.3 Å². The van der Waals surface area contributed by atoms with Crippen LogP contribution in [0.25, 0.3) is 22.6 Å². The van der Waals surface area contributed by atoms with Crippen LogP contribution in [0, 0.1) is 5.82 Å². The molecule has 1 spiro atoms. The molecule has 154 valence electrons. The minimum Gasteiger partial charge on any atom is -0.380 e. The number of nitrogens with zero attached hydrogens (tertiary/aromatic N) is 5. The van der Waals surface area contributed by atoms with Crippen molar-refractivity contribution in [2.45, 2.75) is 18.4 Å². The summed E-state index contributed by atoms with van der Waals surface area (Å²) in [6, 6.07) is 10.3. The fourth-order valence-electron chi connectivity index (χ4n) is 4.32. The Morgan fingerprint density at radius 3 is 2.94 bits per heavy atom. The largest absolute Gasteiger partial charge is 0.380 e. The Morgan fingerprint density at radius 2 is 2.10 bits per heavy atom. The van der Waals surface area contributed by atoms with Gasteiger partial charge < -0.3 is 10.1 Å². The van der Waals surface area contributed by atoms with Crippen molar-refractivity contribution in [1.29, 1.82) is 0 Å². The van der Waals surface area contributed by atoms with Gasteiger partial charge in [0.2, 0.25) is 5.91 Å². The number of benzene rings is 1. The highest BCUT2D eigenvalue weighted by Crippen LogP contribution is 2.42. The van der Waals surface area contributed by atoms with Gasteiger partial charge in [0, 0.05) is 30.1 Å². The van der Waals surface area contributed by atoms with E-state index >= 15 is 0 Å². The number of hydrogen-bond acceptors (Lipinski definition) is 6. The summed E-state index contributed by atoms with van der Waals surface area (Å²) in [5.74, 6) is 0.453. The number of anilines is 1. The normalized spacial score (nSPS) is 19.8. The van der Waals surface area contributed by atoms with E-state index in [0.29, 0.717) is 48.2 Å². The van der Waals surface area contributed by atoms with Gasteiger partial charge in [-0.05, 0) is 24.6 Å². The van der Waals surface area contributed by atoms with E-state index in [4.69, 9.17) is 4.74 Å². The molecule has 1 unspecified atom stereocenters. The zero-order valence-corrected chi connectivity index (χ0v) is 16.4. The Bertz CT molecular complexity index is 1350. The predicted octanol–water partition coefficient (Wildman–Crippen LogP) is 2.69. The van der Waals surface area contributed by atoms with Crippen LogP contribution in [0.4, 0.5) is 10.2 Å². The number of carbonyl (C=O) groups excluding carboxylic acids is 1. The molecule has 31 heavy (non-hydrogen) atoms. The highest BCUT2D eigenvalue weighted by atomic mass is 19.1. The molecule has 0 radical (unpaired) electrons. The third-order valence-corrected chi connectivity index (χ3v) is 5.99. The SMILES string of the molecule is O=C1Nc2nc(-c3nn(Cc4ccccc4F)c4ncccc34)ncc2C12CCOC2. The van der Waals surface area contributed by atoms with Gasteiger partial charge in [-0.15, -0.1) is 0 Å². The number of carbonyl (C=O) groups is 1. The minimum atomic E-state index is -0.707. The van der Waals surface area contributed by atoms with E-state index in [0.717, 1.165) is 10.9 Å². The molecule has 3 aromatic heterocycles. The maximum Gasteiger partial charge on any atom is 0.238 e. The van der Waals surface area contributed by atoms with Crippen molar-refractivity contribution in [3.8, 4) is 11.5 Å². The van der Waals surface area contributed by atoms with Crippen LogP contribution in [0.2, 0.25) is 0 Å². The Kier molecular flexibility index (Phi) is 3.87. The van der Waals surface area contributed by atoms with Crippen LogP contribution in [0.15, 0.2) is 48.8 Å². The monoisotopic (exact) mass is 416 g/mol. The summed E-state index contributed by atoms with van der Waals surface area (Å²) in [6.45, 7) is 1.09. The summed E-state index contributed by atoms with van der Waals surface area (Å²) >= 11 is 0. The number of amides is 1. The Labute approximate surface area is 176 Å². The fourth-order valence-corrected chi connectivity index (χ4v) is 4.32. The van der Waals surface area contributed by atoms with Crippen LogP contribution in [0.5, 0.6) is 0 Å². The first-order chi connectivity index (χ1) is 15.2. The van der Waals surface area contributed by atoms with Gasteiger partial charge in [-0.2, -0.15) is 5.10 Å². The maximum absolute atomic E-state index is 14.2. The van der Waals surface area contributed by atoms with Gasteiger partial charge in [-0.25, -0.2) is 24.0 Å².